The van der Waals surface area contributed by atoms with Gasteiger partial charge in [-0.1, -0.05) is 60.7 Å². The first-order valence-corrected chi connectivity index (χ1v) is 11.1. The molecule has 3 aromatic rings. The van der Waals surface area contributed by atoms with Crippen LogP contribution in [0.25, 0.3) is 17.2 Å². The Hall–Kier alpha value is -3.25. The van der Waals surface area contributed by atoms with Crippen LogP contribution in [0.4, 0.5) is 4.79 Å². The first kappa shape index (κ1) is 22.0. The molecule has 5 nitrogen and oxygen atoms in total. The van der Waals surface area contributed by atoms with Gasteiger partial charge in [-0.3, -0.25) is 0 Å². The summed E-state index contributed by atoms with van der Waals surface area (Å²) in [6, 6.07) is 20.3. The molecule has 1 aliphatic carbocycles. The largest absolute Gasteiger partial charge is 0.496 e. The number of methoxy groups -OCH3 is 2. The maximum atomic E-state index is 12.3. The van der Waals surface area contributed by atoms with Gasteiger partial charge in [0.25, 0.3) is 0 Å². The van der Waals surface area contributed by atoms with Crippen molar-refractivity contribution >= 4 is 28.1 Å². The van der Waals surface area contributed by atoms with Crippen molar-refractivity contribution in [1.82, 2.24) is 5.32 Å². The lowest BCUT2D eigenvalue weighted by Gasteiger charge is -2.14. The number of fused-ring (bicyclic) bond motifs is 3. The van der Waals surface area contributed by atoms with Crippen LogP contribution in [0, 0.1) is 0 Å². The molecule has 4 rings (SSSR count). The van der Waals surface area contributed by atoms with E-state index in [0.29, 0.717) is 24.7 Å². The molecule has 0 aromatic heterocycles. The molecule has 0 heterocycles. The smallest absolute Gasteiger partial charge is 0.407 e. The summed E-state index contributed by atoms with van der Waals surface area (Å²) in [6.45, 7) is 0.625. The van der Waals surface area contributed by atoms with E-state index in [1.807, 2.05) is 48.6 Å². The topological polar surface area (TPSA) is 56.8 Å². The number of amides is 1. The van der Waals surface area contributed by atoms with E-state index in [1.165, 1.54) is 22.3 Å². The van der Waals surface area contributed by atoms with Gasteiger partial charge in [-0.2, -0.15) is 0 Å². The third-order valence-corrected chi connectivity index (χ3v) is 6.13. The van der Waals surface area contributed by atoms with Crippen LogP contribution in [-0.4, -0.2) is 33.5 Å². The number of alkyl carbamates (subject to hydrolysis) is 1. The zero-order valence-electron chi connectivity index (χ0n) is 17.9. The summed E-state index contributed by atoms with van der Waals surface area (Å²) in [7, 11) is 3.22. The SMILES string of the molecule is COc1cc(C=CCNC(=O)OCC2c3ccccc3-c3ccccc32)c(OC)cc1Br. The molecule has 3 aromatic carbocycles. The fraction of sp³-hybridized carbons (Fsp3) is 0.192. The lowest BCUT2D eigenvalue weighted by Crippen LogP contribution is -2.26. The predicted octanol–water partition coefficient (Wildman–Crippen LogP) is 6.02. The van der Waals surface area contributed by atoms with Gasteiger partial charge in [-0.05, 0) is 50.3 Å². The van der Waals surface area contributed by atoms with E-state index in [2.05, 4.69) is 45.5 Å². The summed E-state index contributed by atoms with van der Waals surface area (Å²) in [4.78, 5) is 12.3. The van der Waals surface area contributed by atoms with E-state index in [-0.39, 0.29) is 5.92 Å². The molecular weight excluding hydrogens is 470 g/mol. The third kappa shape index (κ3) is 4.50. The Morgan fingerprint density at radius 3 is 2.22 bits per heavy atom. The number of hydrogen-bond acceptors (Lipinski definition) is 4. The molecule has 0 saturated carbocycles. The van der Waals surface area contributed by atoms with E-state index in [1.54, 1.807) is 14.2 Å². The van der Waals surface area contributed by atoms with Crippen molar-refractivity contribution < 1.29 is 19.0 Å². The first-order valence-electron chi connectivity index (χ1n) is 10.3. The lowest BCUT2D eigenvalue weighted by molar-refractivity contribution is 0.144. The Morgan fingerprint density at radius 2 is 1.59 bits per heavy atom. The van der Waals surface area contributed by atoms with Crippen LogP contribution in [0.1, 0.15) is 22.6 Å². The van der Waals surface area contributed by atoms with Crippen molar-refractivity contribution in [2.75, 3.05) is 27.4 Å². The molecule has 32 heavy (non-hydrogen) atoms. The second-order valence-electron chi connectivity index (χ2n) is 7.34. The summed E-state index contributed by atoms with van der Waals surface area (Å²) in [5.41, 5.74) is 5.65. The highest BCUT2D eigenvalue weighted by atomic mass is 79.9. The number of carbonyl (C=O) groups is 1. The van der Waals surface area contributed by atoms with Crippen molar-refractivity contribution in [3.05, 3.63) is 87.9 Å². The number of hydrogen-bond donors (Lipinski definition) is 1. The predicted molar refractivity (Wildman–Crippen MR) is 129 cm³/mol. The average molecular weight is 494 g/mol. The van der Waals surface area contributed by atoms with E-state index < -0.39 is 6.09 Å². The summed E-state index contributed by atoms with van der Waals surface area (Å²) in [5, 5.41) is 2.77. The molecule has 0 bridgehead atoms. The molecule has 1 aliphatic rings. The second-order valence-corrected chi connectivity index (χ2v) is 8.19. The highest BCUT2D eigenvalue weighted by molar-refractivity contribution is 9.10. The standard InChI is InChI=1S/C26H24BrNO4/c1-30-24-15-23(27)25(31-2)14-17(24)8-7-13-28-26(29)32-16-22-20-11-5-3-9-18(20)19-10-4-6-12-21(19)22/h3-12,14-15,22H,13,16H2,1-2H3,(H,28,29). The molecule has 0 spiro atoms. The van der Waals surface area contributed by atoms with Crippen LogP contribution in [0.15, 0.2) is 71.2 Å². The van der Waals surface area contributed by atoms with Crippen molar-refractivity contribution in [3.63, 3.8) is 0 Å². The summed E-state index contributed by atoms with van der Waals surface area (Å²) in [5.74, 6) is 1.45. The number of benzene rings is 3. The molecule has 164 valence electrons. The van der Waals surface area contributed by atoms with Gasteiger partial charge in [0.05, 0.1) is 18.7 Å². The zero-order valence-corrected chi connectivity index (χ0v) is 19.5. The van der Waals surface area contributed by atoms with Crippen LogP contribution in [0.3, 0.4) is 0 Å². The van der Waals surface area contributed by atoms with E-state index in [0.717, 1.165) is 10.0 Å². The minimum absolute atomic E-state index is 0.0446. The van der Waals surface area contributed by atoms with Gasteiger partial charge in [0.15, 0.2) is 0 Å². The third-order valence-electron chi connectivity index (χ3n) is 5.51. The van der Waals surface area contributed by atoms with Crippen LogP contribution in [-0.2, 0) is 4.74 Å². The second kappa shape index (κ2) is 9.92. The van der Waals surface area contributed by atoms with Gasteiger partial charge in [-0.15, -0.1) is 0 Å². The molecule has 1 amide bonds. The van der Waals surface area contributed by atoms with Gasteiger partial charge in [0.2, 0.25) is 0 Å². The molecule has 0 atom stereocenters. The van der Waals surface area contributed by atoms with Crippen LogP contribution >= 0.6 is 15.9 Å². The van der Waals surface area contributed by atoms with Crippen LogP contribution in [0.2, 0.25) is 0 Å². The van der Waals surface area contributed by atoms with Crippen molar-refractivity contribution in [2.24, 2.45) is 0 Å². The fourth-order valence-electron chi connectivity index (χ4n) is 3.99. The molecule has 0 fully saturated rings. The van der Waals surface area contributed by atoms with Gasteiger partial charge in [0.1, 0.15) is 18.1 Å². The Kier molecular flexibility index (Phi) is 6.81. The molecule has 0 saturated heterocycles. The van der Waals surface area contributed by atoms with Gasteiger partial charge < -0.3 is 19.5 Å². The molecule has 0 radical (unpaired) electrons. The zero-order chi connectivity index (χ0) is 22.5. The summed E-state index contributed by atoms with van der Waals surface area (Å²) in [6.07, 6.45) is 3.27. The highest BCUT2D eigenvalue weighted by Crippen LogP contribution is 2.44. The number of ether oxygens (including phenoxy) is 3. The van der Waals surface area contributed by atoms with Crippen LogP contribution < -0.4 is 14.8 Å². The number of halogens is 1. The summed E-state index contributed by atoms with van der Waals surface area (Å²) < 4.78 is 17.1. The molecule has 0 unspecified atom stereocenters. The van der Waals surface area contributed by atoms with Crippen molar-refractivity contribution in [1.29, 1.82) is 0 Å². The number of nitrogens with one attached hydrogen (secondary N) is 1. The Bertz CT molecular complexity index is 1110. The maximum Gasteiger partial charge on any atom is 0.407 e. The van der Waals surface area contributed by atoms with Crippen LogP contribution in [0.5, 0.6) is 11.5 Å². The van der Waals surface area contributed by atoms with Crippen molar-refractivity contribution in [3.8, 4) is 22.6 Å². The molecule has 6 heteroatoms. The summed E-state index contributed by atoms with van der Waals surface area (Å²) >= 11 is 3.45. The minimum atomic E-state index is -0.447. The normalized spacial score (nSPS) is 12.3. The minimum Gasteiger partial charge on any atom is -0.496 e. The maximum absolute atomic E-state index is 12.3. The molecule has 1 N–H and O–H groups in total. The van der Waals surface area contributed by atoms with Gasteiger partial charge >= 0.3 is 6.09 Å². The molecule has 0 aliphatic heterocycles. The van der Waals surface area contributed by atoms with E-state index in [9.17, 15) is 4.79 Å². The average Bonchev–Trinajstić information content (AvgIpc) is 3.14. The quantitative estimate of drug-likeness (QED) is 0.437. The fourth-order valence-corrected chi connectivity index (χ4v) is 4.48. The van der Waals surface area contributed by atoms with E-state index >= 15 is 0 Å². The van der Waals surface area contributed by atoms with Gasteiger partial charge in [-0.25, -0.2) is 4.79 Å². The Balaban J connectivity index is 1.35. The van der Waals surface area contributed by atoms with E-state index in [4.69, 9.17) is 14.2 Å². The highest BCUT2D eigenvalue weighted by Gasteiger charge is 2.28. The Morgan fingerprint density at radius 1 is 0.969 bits per heavy atom. The van der Waals surface area contributed by atoms with Crippen molar-refractivity contribution in [2.45, 2.75) is 5.92 Å². The Labute approximate surface area is 196 Å². The lowest BCUT2D eigenvalue weighted by atomic mass is 9.98. The molecular formula is C26H24BrNO4. The number of carbonyl (C=O) groups excluding carboxylic acids is 1. The monoisotopic (exact) mass is 493 g/mol. The van der Waals surface area contributed by atoms with Gasteiger partial charge in [0, 0.05) is 18.0 Å². The number of rotatable bonds is 7. The first-order chi connectivity index (χ1) is 15.6.